The summed E-state index contributed by atoms with van der Waals surface area (Å²) in [4.78, 5) is 25.6. The molecule has 0 fully saturated rings. The highest BCUT2D eigenvalue weighted by Gasteiger charge is 2.21. The van der Waals surface area contributed by atoms with Gasteiger partial charge < -0.3 is 10.2 Å². The lowest BCUT2D eigenvalue weighted by Gasteiger charge is -2.21. The first-order valence-corrected chi connectivity index (χ1v) is 6.87. The average molecular weight is 260 g/mol. The molecule has 102 valence electrons. The first-order valence-electron chi connectivity index (χ1n) is 6.87. The van der Waals surface area contributed by atoms with Crippen LogP contribution >= 0.6 is 0 Å². The lowest BCUT2D eigenvalue weighted by atomic mass is 10.1. The molecule has 0 saturated carbocycles. The van der Waals surface area contributed by atoms with Gasteiger partial charge in [0, 0.05) is 24.3 Å². The monoisotopic (exact) mass is 260 g/mol. The minimum Gasteiger partial charge on any atom is -0.339 e. The van der Waals surface area contributed by atoms with E-state index in [-0.39, 0.29) is 11.8 Å². The van der Waals surface area contributed by atoms with Crippen LogP contribution in [0.25, 0.3) is 0 Å². The molecule has 0 radical (unpaired) electrons. The maximum atomic E-state index is 12.4. The Morgan fingerprint density at radius 3 is 2.58 bits per heavy atom. The second kappa shape index (κ2) is 5.87. The average Bonchev–Trinajstić information content (AvgIpc) is 2.76. The highest BCUT2D eigenvalue weighted by Crippen LogP contribution is 2.24. The van der Waals surface area contributed by atoms with Crippen LogP contribution < -0.4 is 5.32 Å². The fourth-order valence-corrected chi connectivity index (χ4v) is 2.40. The van der Waals surface area contributed by atoms with Gasteiger partial charge in [0.05, 0.1) is 6.42 Å². The van der Waals surface area contributed by atoms with E-state index in [9.17, 15) is 9.59 Å². The normalized spacial score (nSPS) is 13.1. The maximum absolute atomic E-state index is 12.4. The minimum atomic E-state index is -0.00132. The smallest absolute Gasteiger partial charge is 0.253 e. The van der Waals surface area contributed by atoms with Gasteiger partial charge in [0.2, 0.25) is 5.91 Å². The van der Waals surface area contributed by atoms with E-state index in [1.165, 1.54) is 0 Å². The van der Waals surface area contributed by atoms with Gasteiger partial charge in [-0.2, -0.15) is 0 Å². The zero-order valence-corrected chi connectivity index (χ0v) is 11.5. The van der Waals surface area contributed by atoms with Gasteiger partial charge in [-0.15, -0.1) is 0 Å². The second-order valence-corrected chi connectivity index (χ2v) is 4.89. The van der Waals surface area contributed by atoms with Crippen molar-refractivity contribution >= 4 is 17.5 Å². The van der Waals surface area contributed by atoms with Crippen LogP contribution in [0.1, 0.15) is 42.6 Å². The molecule has 19 heavy (non-hydrogen) atoms. The van der Waals surface area contributed by atoms with Crippen LogP contribution in [0, 0.1) is 0 Å². The summed E-state index contributed by atoms with van der Waals surface area (Å²) in [5.41, 5.74) is 2.43. The van der Waals surface area contributed by atoms with Gasteiger partial charge in [-0.3, -0.25) is 9.59 Å². The van der Waals surface area contributed by atoms with Gasteiger partial charge in [0.25, 0.3) is 5.91 Å². The van der Waals surface area contributed by atoms with E-state index in [0.717, 1.165) is 37.2 Å². The number of rotatable bonds is 5. The summed E-state index contributed by atoms with van der Waals surface area (Å²) in [6.07, 6.45) is 2.28. The Hall–Kier alpha value is -1.84. The number of nitrogens with one attached hydrogen (secondary N) is 1. The fraction of sp³-hybridized carbons (Fsp3) is 0.467. The summed E-state index contributed by atoms with van der Waals surface area (Å²) in [5.74, 6) is 0.0596. The molecule has 0 atom stereocenters. The standard InChI is InChI=1S/C15H20N2O2/c1-3-7-17(8-4-2)15(19)11-5-6-13-12(9-11)10-14(18)16-13/h5-6,9H,3-4,7-8,10H2,1-2H3,(H,16,18). The molecule has 0 unspecified atom stereocenters. The fourth-order valence-electron chi connectivity index (χ4n) is 2.40. The molecule has 0 bridgehead atoms. The van der Waals surface area contributed by atoms with E-state index in [1.807, 2.05) is 17.0 Å². The highest BCUT2D eigenvalue weighted by atomic mass is 16.2. The van der Waals surface area contributed by atoms with Crippen LogP contribution in [0.4, 0.5) is 5.69 Å². The van der Waals surface area contributed by atoms with Crippen LogP contribution in [0.3, 0.4) is 0 Å². The van der Waals surface area contributed by atoms with E-state index in [2.05, 4.69) is 19.2 Å². The van der Waals surface area contributed by atoms with E-state index < -0.39 is 0 Å². The van der Waals surface area contributed by atoms with Crippen LogP contribution in [0.2, 0.25) is 0 Å². The summed E-state index contributed by atoms with van der Waals surface area (Å²) in [6, 6.07) is 5.46. The van der Waals surface area contributed by atoms with Crippen molar-refractivity contribution in [2.45, 2.75) is 33.1 Å². The summed E-state index contributed by atoms with van der Waals surface area (Å²) in [5, 5.41) is 2.78. The molecule has 4 nitrogen and oxygen atoms in total. The quantitative estimate of drug-likeness (QED) is 0.884. The van der Waals surface area contributed by atoms with Gasteiger partial charge in [0.1, 0.15) is 0 Å². The second-order valence-electron chi connectivity index (χ2n) is 4.89. The van der Waals surface area contributed by atoms with Crippen molar-refractivity contribution in [1.82, 2.24) is 4.90 Å². The molecule has 4 heteroatoms. The molecule has 2 amide bonds. The predicted molar refractivity (Wildman–Crippen MR) is 75.3 cm³/mol. The predicted octanol–water partition coefficient (Wildman–Crippen LogP) is 2.44. The summed E-state index contributed by atoms with van der Waals surface area (Å²) in [7, 11) is 0. The van der Waals surface area contributed by atoms with Crippen molar-refractivity contribution < 1.29 is 9.59 Å². The summed E-state index contributed by atoms with van der Waals surface area (Å²) >= 11 is 0. The Morgan fingerprint density at radius 2 is 1.95 bits per heavy atom. The summed E-state index contributed by atoms with van der Waals surface area (Å²) in [6.45, 7) is 5.70. The molecule has 0 aliphatic carbocycles. The van der Waals surface area contributed by atoms with Crippen molar-refractivity contribution in [2.75, 3.05) is 18.4 Å². The molecule has 1 aromatic carbocycles. The Bertz CT molecular complexity index is 491. The number of fused-ring (bicyclic) bond motifs is 1. The number of amides is 2. The third kappa shape index (κ3) is 2.95. The first-order chi connectivity index (χ1) is 9.15. The molecule has 1 aliphatic rings. The molecule has 2 rings (SSSR count). The molecule has 1 aromatic rings. The number of carbonyl (C=O) groups is 2. The van der Waals surface area contributed by atoms with E-state index in [1.54, 1.807) is 6.07 Å². The van der Waals surface area contributed by atoms with Crippen LogP contribution in [-0.4, -0.2) is 29.8 Å². The van der Waals surface area contributed by atoms with Gasteiger partial charge in [-0.25, -0.2) is 0 Å². The molecular formula is C15H20N2O2. The van der Waals surface area contributed by atoms with Gasteiger partial charge in [0.15, 0.2) is 0 Å². The van der Waals surface area contributed by atoms with E-state index in [0.29, 0.717) is 12.0 Å². The lowest BCUT2D eigenvalue weighted by Crippen LogP contribution is -2.32. The molecule has 1 heterocycles. The van der Waals surface area contributed by atoms with Gasteiger partial charge in [-0.05, 0) is 36.6 Å². The van der Waals surface area contributed by atoms with E-state index in [4.69, 9.17) is 0 Å². The summed E-state index contributed by atoms with van der Waals surface area (Å²) < 4.78 is 0. The van der Waals surface area contributed by atoms with Crippen LogP contribution in [0.5, 0.6) is 0 Å². The van der Waals surface area contributed by atoms with E-state index >= 15 is 0 Å². The number of anilines is 1. The third-order valence-electron chi connectivity index (χ3n) is 3.25. The molecule has 0 saturated heterocycles. The lowest BCUT2D eigenvalue weighted by molar-refractivity contribution is -0.115. The number of hydrogen-bond acceptors (Lipinski definition) is 2. The number of carbonyl (C=O) groups excluding carboxylic acids is 2. The Labute approximate surface area is 113 Å². The Morgan fingerprint density at radius 1 is 1.26 bits per heavy atom. The molecule has 0 spiro atoms. The third-order valence-corrected chi connectivity index (χ3v) is 3.25. The minimum absolute atomic E-state index is 0.00132. The van der Waals surface area contributed by atoms with Crippen molar-refractivity contribution in [1.29, 1.82) is 0 Å². The molecular weight excluding hydrogens is 240 g/mol. The maximum Gasteiger partial charge on any atom is 0.253 e. The SMILES string of the molecule is CCCN(CCC)C(=O)c1ccc2c(c1)CC(=O)N2. The highest BCUT2D eigenvalue weighted by molar-refractivity contribution is 6.01. The topological polar surface area (TPSA) is 49.4 Å². The van der Waals surface area contributed by atoms with Crippen LogP contribution in [-0.2, 0) is 11.2 Å². The largest absolute Gasteiger partial charge is 0.339 e. The van der Waals surface area contributed by atoms with Crippen LogP contribution in [0.15, 0.2) is 18.2 Å². The van der Waals surface area contributed by atoms with Crippen molar-refractivity contribution in [3.8, 4) is 0 Å². The molecule has 0 aromatic heterocycles. The van der Waals surface area contributed by atoms with Crippen molar-refractivity contribution in [2.24, 2.45) is 0 Å². The number of benzene rings is 1. The molecule has 1 N–H and O–H groups in total. The van der Waals surface area contributed by atoms with Gasteiger partial charge >= 0.3 is 0 Å². The van der Waals surface area contributed by atoms with Crippen molar-refractivity contribution in [3.05, 3.63) is 29.3 Å². The zero-order valence-electron chi connectivity index (χ0n) is 11.5. The Kier molecular flexibility index (Phi) is 4.20. The van der Waals surface area contributed by atoms with Gasteiger partial charge in [-0.1, -0.05) is 13.8 Å². The zero-order chi connectivity index (χ0) is 13.8. The number of nitrogens with zero attached hydrogens (tertiary/aromatic N) is 1. The van der Waals surface area contributed by atoms with Crippen molar-refractivity contribution in [3.63, 3.8) is 0 Å². The first kappa shape index (κ1) is 13.6. The Balaban J connectivity index is 2.19. The number of hydrogen-bond donors (Lipinski definition) is 1. The molecule has 1 aliphatic heterocycles.